The van der Waals surface area contributed by atoms with Crippen LogP contribution in [-0.2, 0) is 56.2 Å². The van der Waals surface area contributed by atoms with Gasteiger partial charge < -0.3 is 63.8 Å². The number of methoxy groups -OCH3 is 1. The summed E-state index contributed by atoms with van der Waals surface area (Å²) >= 11 is 0. The SMILES string of the molecule is CC[C@H]1OC(=O)[C@H](C)[C@@H](O[C@H]2C[C@@](C)(OC)[C@@H](O)[C@H](C)O2)[C@H](C)[C@@H](O[C@@H]2O[C@H](C)C[C@H](N(C)CCc3cn(Cc4ccc(S(=O)(=O)NC)cc4)nn3)[C@H]2O)[C@](C)(O)C[C@@H](C)CN(C)[C@H](C)[C@@H](O)[C@]1(C)O. The van der Waals surface area contributed by atoms with Crippen LogP contribution in [0.5, 0.6) is 0 Å². The highest BCUT2D eigenvalue weighted by Gasteiger charge is 2.53. The van der Waals surface area contributed by atoms with Crippen LogP contribution in [0, 0.1) is 17.8 Å². The monoisotopic (exact) mass is 1010 g/mol. The summed E-state index contributed by atoms with van der Waals surface area (Å²) in [4.78, 5) is 18.6. The number of aliphatic hydroxyl groups excluding tert-OH is 3. The summed E-state index contributed by atoms with van der Waals surface area (Å²) in [6, 6.07) is 5.51. The number of esters is 1. The van der Waals surface area contributed by atoms with Gasteiger partial charge in [0, 0.05) is 57.2 Å². The molecule has 2 aromatic rings. The summed E-state index contributed by atoms with van der Waals surface area (Å²) in [6.45, 7) is 18.7. The van der Waals surface area contributed by atoms with Crippen LogP contribution in [0.15, 0.2) is 35.4 Å². The van der Waals surface area contributed by atoms with Gasteiger partial charge in [0.05, 0.1) is 58.7 Å². The topological polar surface area (TPSA) is 257 Å². The Morgan fingerprint density at radius 1 is 0.971 bits per heavy atom. The second kappa shape index (κ2) is 23.6. The van der Waals surface area contributed by atoms with Crippen LogP contribution in [0.2, 0.25) is 0 Å². The lowest BCUT2D eigenvalue weighted by molar-refractivity contribution is -0.318. The number of nitrogens with one attached hydrogen (secondary N) is 1. The zero-order valence-electron chi connectivity index (χ0n) is 43.8. The van der Waals surface area contributed by atoms with Crippen LogP contribution in [0.1, 0.15) is 106 Å². The number of aromatic nitrogens is 3. The molecule has 0 unspecified atom stereocenters. The molecule has 0 spiro atoms. The number of hydrogen-bond acceptors (Lipinski definition) is 18. The van der Waals surface area contributed by atoms with Crippen molar-refractivity contribution in [2.75, 3.05) is 41.3 Å². The van der Waals surface area contributed by atoms with Crippen LogP contribution in [0.4, 0.5) is 0 Å². The molecule has 5 rings (SSSR count). The van der Waals surface area contributed by atoms with Gasteiger partial charge in [-0.1, -0.05) is 38.1 Å². The van der Waals surface area contributed by atoms with E-state index in [1.54, 1.807) is 77.4 Å². The van der Waals surface area contributed by atoms with Gasteiger partial charge >= 0.3 is 5.97 Å². The summed E-state index contributed by atoms with van der Waals surface area (Å²) in [7, 11) is 3.03. The Morgan fingerprint density at radius 3 is 2.24 bits per heavy atom. The summed E-state index contributed by atoms with van der Waals surface area (Å²) in [5.74, 6) is -2.83. The molecule has 0 radical (unpaired) electrons. The fraction of sp³-hybridized carbons (Fsp3) is 0.816. The molecule has 0 aliphatic carbocycles. The van der Waals surface area contributed by atoms with E-state index >= 15 is 0 Å². The van der Waals surface area contributed by atoms with Crippen molar-refractivity contribution in [2.45, 2.75) is 203 Å². The fourth-order valence-electron chi connectivity index (χ4n) is 10.7. The van der Waals surface area contributed by atoms with E-state index in [0.29, 0.717) is 32.5 Å². The van der Waals surface area contributed by atoms with Crippen LogP contribution >= 0.6 is 0 Å². The van der Waals surface area contributed by atoms with Crippen molar-refractivity contribution in [2.24, 2.45) is 17.8 Å². The third kappa shape index (κ3) is 13.5. The van der Waals surface area contributed by atoms with E-state index in [-0.39, 0.29) is 36.2 Å². The molecule has 4 heterocycles. The molecule has 0 bridgehead atoms. The third-order valence-corrected chi connectivity index (χ3v) is 16.7. The minimum absolute atomic E-state index is 0.0905. The molecule has 20 nitrogen and oxygen atoms in total. The van der Waals surface area contributed by atoms with Crippen molar-refractivity contribution < 1.29 is 67.2 Å². The van der Waals surface area contributed by atoms with Gasteiger partial charge in [0.1, 0.15) is 30.0 Å². The van der Waals surface area contributed by atoms with Gasteiger partial charge in [0.25, 0.3) is 0 Å². The van der Waals surface area contributed by atoms with E-state index in [4.69, 9.17) is 28.4 Å². The van der Waals surface area contributed by atoms with E-state index < -0.39 is 112 Å². The van der Waals surface area contributed by atoms with Crippen molar-refractivity contribution in [1.29, 1.82) is 0 Å². The number of rotatable bonds is 14. The summed E-state index contributed by atoms with van der Waals surface area (Å²) in [5, 5.41) is 68.2. The lowest BCUT2D eigenvalue weighted by Gasteiger charge is -2.49. The normalized spacial score (nSPS) is 40.1. The second-order valence-electron chi connectivity index (χ2n) is 21.2. The smallest absolute Gasteiger partial charge is 0.311 e. The number of aliphatic hydroxyl groups is 5. The van der Waals surface area contributed by atoms with Crippen molar-refractivity contribution in [3.8, 4) is 0 Å². The van der Waals surface area contributed by atoms with Gasteiger partial charge in [-0.2, -0.15) is 0 Å². The Labute approximate surface area is 415 Å². The van der Waals surface area contributed by atoms with Gasteiger partial charge in [-0.15, -0.1) is 5.10 Å². The van der Waals surface area contributed by atoms with Crippen LogP contribution in [0.25, 0.3) is 0 Å². The maximum absolute atomic E-state index is 14.5. The molecule has 6 N–H and O–H groups in total. The molecule has 70 heavy (non-hydrogen) atoms. The van der Waals surface area contributed by atoms with E-state index in [0.717, 1.165) is 11.3 Å². The van der Waals surface area contributed by atoms with Crippen LogP contribution < -0.4 is 4.72 Å². The summed E-state index contributed by atoms with van der Waals surface area (Å²) in [6.07, 6.45) is -6.93. The minimum Gasteiger partial charge on any atom is -0.459 e. The molecule has 1 aromatic heterocycles. The molecule has 1 aromatic carbocycles. The third-order valence-electron chi connectivity index (χ3n) is 15.3. The Bertz CT molecular complexity index is 2100. The van der Waals surface area contributed by atoms with Gasteiger partial charge in [0.2, 0.25) is 10.0 Å². The van der Waals surface area contributed by atoms with E-state index in [1.807, 2.05) is 43.9 Å². The van der Waals surface area contributed by atoms with Crippen LogP contribution in [0.3, 0.4) is 0 Å². The zero-order valence-corrected chi connectivity index (χ0v) is 44.6. The van der Waals surface area contributed by atoms with Gasteiger partial charge in [0.15, 0.2) is 12.6 Å². The van der Waals surface area contributed by atoms with Crippen molar-refractivity contribution in [3.63, 3.8) is 0 Å². The van der Waals surface area contributed by atoms with E-state index in [2.05, 4.69) is 15.0 Å². The predicted octanol–water partition coefficient (Wildman–Crippen LogP) is 2.06. The highest BCUT2D eigenvalue weighted by atomic mass is 32.2. The first kappa shape index (κ1) is 58.2. The summed E-state index contributed by atoms with van der Waals surface area (Å²) < 4.78 is 66.5. The molecule has 0 amide bonds. The first-order valence-corrected chi connectivity index (χ1v) is 26.3. The number of ether oxygens (including phenoxy) is 6. The Hall–Kier alpha value is -2.74. The number of nitrogens with zero attached hydrogens (tertiary/aromatic N) is 5. The van der Waals surface area contributed by atoms with Crippen LogP contribution in [-0.4, -0.2) is 196 Å². The number of likely N-dealkylation sites (N-methyl/N-ethyl adjacent to an activating group) is 2. The average Bonchev–Trinajstić information content (AvgIpc) is 3.76. The molecular formula is C49H84N6O14S. The van der Waals surface area contributed by atoms with Crippen molar-refractivity contribution >= 4 is 16.0 Å². The van der Waals surface area contributed by atoms with E-state index in [1.165, 1.54) is 21.1 Å². The first-order valence-electron chi connectivity index (χ1n) is 24.8. The molecule has 3 aliphatic rings. The summed E-state index contributed by atoms with van der Waals surface area (Å²) in [5.41, 5.74) is -3.00. The predicted molar refractivity (Wildman–Crippen MR) is 259 cm³/mol. The Balaban J connectivity index is 1.43. The number of carbonyl (C=O) groups excluding carboxylic acids is 1. The standard InChI is InChI=1S/C49H84N6O14S/c1-15-38-49(10,61)42(57)32(6)54(13)25-28(2)23-47(8,60)44(30(4)41(31(5)45(59)67-38)68-39-24-48(9,64-14)43(58)33(7)66-39)69-46-40(56)37(22-29(3)65-46)53(12)21-20-35-27-55(52-51-35)26-34-16-18-36(19-17-34)70(62,63)50-11/h16-19,27-33,37-44,46,50,56-58,60-61H,15,20-26H2,1-14H3/t28-,29-,30+,31-,32-,33+,37+,38-,39+,40-,41+,42-,43+,44-,46+,47-,48-,49-/m1/s1. The largest absolute Gasteiger partial charge is 0.459 e. The molecule has 3 aliphatic heterocycles. The molecule has 18 atom stereocenters. The number of hydrogen-bond donors (Lipinski definition) is 6. The van der Waals surface area contributed by atoms with Gasteiger partial charge in [-0.05, 0) is 112 Å². The zero-order chi connectivity index (χ0) is 52.3. The highest BCUT2D eigenvalue weighted by molar-refractivity contribution is 7.89. The molecule has 3 fully saturated rings. The second-order valence-corrected chi connectivity index (χ2v) is 23.1. The Kier molecular flexibility index (Phi) is 19.6. The van der Waals surface area contributed by atoms with Crippen molar-refractivity contribution in [3.05, 3.63) is 41.7 Å². The maximum Gasteiger partial charge on any atom is 0.311 e. The average molecular weight is 1010 g/mol. The molecule has 0 saturated carbocycles. The molecular weight excluding hydrogens is 929 g/mol. The lowest BCUT2D eigenvalue weighted by Crippen LogP contribution is -2.61. The minimum atomic E-state index is -3.56. The van der Waals surface area contributed by atoms with Gasteiger partial charge in [-0.3, -0.25) is 4.79 Å². The molecule has 3 saturated heterocycles. The van der Waals surface area contributed by atoms with Gasteiger partial charge in [-0.25, -0.2) is 17.8 Å². The number of carbonyl (C=O) groups is 1. The lowest BCUT2D eigenvalue weighted by atomic mass is 9.77. The fourth-order valence-corrected chi connectivity index (χ4v) is 11.5. The van der Waals surface area contributed by atoms with Crippen molar-refractivity contribution in [1.82, 2.24) is 29.5 Å². The quantitative estimate of drug-likeness (QED) is 0.148. The number of benzene rings is 1. The van der Waals surface area contributed by atoms with E-state index in [9.17, 15) is 38.7 Å². The molecule has 400 valence electrons. The Morgan fingerprint density at radius 2 is 1.63 bits per heavy atom. The highest BCUT2D eigenvalue weighted by Crippen LogP contribution is 2.40. The number of cyclic esters (lactones) is 1. The molecule has 21 heteroatoms. The first-order chi connectivity index (χ1) is 32.6. The maximum atomic E-state index is 14.5. The number of sulfonamides is 1.